The van der Waals surface area contributed by atoms with Crippen molar-refractivity contribution in [3.05, 3.63) is 40.3 Å². The molecule has 0 aliphatic heterocycles. The normalized spacial score (nSPS) is 12.2. The lowest BCUT2D eigenvalue weighted by molar-refractivity contribution is -0.126. The zero-order valence-electron chi connectivity index (χ0n) is 13.1. The summed E-state index contributed by atoms with van der Waals surface area (Å²) < 4.78 is 3.39. The number of nitrogens with zero attached hydrogens (tertiary/aromatic N) is 4. The second kappa shape index (κ2) is 4.76. The van der Waals surface area contributed by atoms with Crippen molar-refractivity contribution in [3.63, 3.8) is 0 Å². The quantitative estimate of drug-likeness (QED) is 0.725. The number of imidazole rings is 1. The average Bonchev–Trinajstić information content (AvgIpc) is 2.73. The molecule has 0 N–H and O–H groups in total. The Balaban J connectivity index is 2.33. The lowest BCUT2D eigenvalue weighted by Gasteiger charge is -2.17. The van der Waals surface area contributed by atoms with Crippen molar-refractivity contribution >= 4 is 22.6 Å². The molecule has 0 saturated heterocycles. The number of benzene rings is 1. The molecule has 6 nitrogen and oxygen atoms in total. The van der Waals surface area contributed by atoms with Gasteiger partial charge >= 0.3 is 0 Å². The van der Waals surface area contributed by atoms with Gasteiger partial charge in [-0.3, -0.25) is 9.59 Å². The molecule has 114 valence electrons. The van der Waals surface area contributed by atoms with Crippen molar-refractivity contribution in [1.82, 2.24) is 19.2 Å². The molecular formula is C16H18N4O2. The molecule has 0 atom stereocenters. The molecule has 1 aromatic carbocycles. The Morgan fingerprint density at radius 2 is 1.82 bits per heavy atom. The van der Waals surface area contributed by atoms with Gasteiger partial charge in [0, 0.05) is 5.41 Å². The van der Waals surface area contributed by atoms with E-state index < -0.39 is 5.41 Å². The fourth-order valence-corrected chi connectivity index (χ4v) is 2.31. The van der Waals surface area contributed by atoms with E-state index in [1.54, 1.807) is 16.0 Å². The van der Waals surface area contributed by atoms with Crippen LogP contribution < -0.4 is 5.56 Å². The molecule has 0 aliphatic carbocycles. The number of hydrogen-bond acceptors (Lipinski definition) is 4. The first-order valence-corrected chi connectivity index (χ1v) is 7.17. The molecule has 0 aliphatic rings. The standard InChI is InChI=1S/C16H18N4O2/c1-10-14(22)17-15-19(9-13(21)16(2,3)4)11-7-5-6-8-12(11)20(15)18-10/h5-8H,9H2,1-4H3. The van der Waals surface area contributed by atoms with Gasteiger partial charge in [0.25, 0.3) is 5.56 Å². The largest absolute Gasteiger partial charge is 0.301 e. The van der Waals surface area contributed by atoms with Gasteiger partial charge in [0.2, 0.25) is 5.78 Å². The van der Waals surface area contributed by atoms with Gasteiger partial charge in [0.1, 0.15) is 5.69 Å². The number of aromatic nitrogens is 4. The number of para-hydroxylation sites is 2. The molecular weight excluding hydrogens is 280 g/mol. The van der Waals surface area contributed by atoms with E-state index in [0.717, 1.165) is 11.0 Å². The van der Waals surface area contributed by atoms with E-state index in [1.165, 1.54) is 0 Å². The third kappa shape index (κ3) is 2.20. The maximum atomic E-state index is 12.4. The van der Waals surface area contributed by atoms with Crippen LogP contribution in [0.3, 0.4) is 0 Å². The smallest absolute Gasteiger partial charge is 0.296 e. The van der Waals surface area contributed by atoms with Crippen LogP contribution in [0, 0.1) is 12.3 Å². The van der Waals surface area contributed by atoms with E-state index in [-0.39, 0.29) is 17.9 Å². The number of ketones is 1. The van der Waals surface area contributed by atoms with Crippen molar-refractivity contribution < 1.29 is 4.79 Å². The molecule has 0 saturated carbocycles. The monoisotopic (exact) mass is 298 g/mol. The van der Waals surface area contributed by atoms with Crippen molar-refractivity contribution in [1.29, 1.82) is 0 Å². The molecule has 0 amide bonds. The highest BCUT2D eigenvalue weighted by atomic mass is 16.1. The van der Waals surface area contributed by atoms with Crippen molar-refractivity contribution in [3.8, 4) is 0 Å². The van der Waals surface area contributed by atoms with Crippen LogP contribution in [0.5, 0.6) is 0 Å². The number of carbonyl (C=O) groups excluding carboxylic acids is 1. The summed E-state index contributed by atoms with van der Waals surface area (Å²) in [5, 5.41) is 4.30. The summed E-state index contributed by atoms with van der Waals surface area (Å²) in [6.45, 7) is 7.44. The van der Waals surface area contributed by atoms with Gasteiger partial charge in [0.05, 0.1) is 17.6 Å². The number of carbonyl (C=O) groups is 1. The predicted molar refractivity (Wildman–Crippen MR) is 84.0 cm³/mol. The summed E-state index contributed by atoms with van der Waals surface area (Å²) in [5.74, 6) is 0.472. The van der Waals surface area contributed by atoms with Gasteiger partial charge in [-0.1, -0.05) is 32.9 Å². The highest BCUT2D eigenvalue weighted by Gasteiger charge is 2.24. The number of fused-ring (bicyclic) bond motifs is 3. The Kier molecular flexibility index (Phi) is 3.12. The lowest BCUT2D eigenvalue weighted by Crippen LogP contribution is -2.26. The summed E-state index contributed by atoms with van der Waals surface area (Å²) in [4.78, 5) is 28.4. The lowest BCUT2D eigenvalue weighted by atomic mass is 9.91. The third-order valence-electron chi connectivity index (χ3n) is 3.73. The number of aryl methyl sites for hydroxylation is 1. The molecule has 0 fully saturated rings. The minimum atomic E-state index is -0.458. The van der Waals surface area contributed by atoms with E-state index in [9.17, 15) is 9.59 Å². The molecule has 0 bridgehead atoms. The van der Waals surface area contributed by atoms with Gasteiger partial charge in [0.15, 0.2) is 5.78 Å². The van der Waals surface area contributed by atoms with Crippen LogP contribution in [0.15, 0.2) is 29.1 Å². The highest BCUT2D eigenvalue weighted by Crippen LogP contribution is 2.21. The first kappa shape index (κ1) is 14.4. The van der Waals surface area contributed by atoms with E-state index in [1.807, 2.05) is 45.0 Å². The summed E-state index contributed by atoms with van der Waals surface area (Å²) in [7, 11) is 0. The first-order valence-electron chi connectivity index (χ1n) is 7.17. The Labute approximate surface area is 127 Å². The van der Waals surface area contributed by atoms with E-state index in [0.29, 0.717) is 11.5 Å². The van der Waals surface area contributed by atoms with Crippen molar-refractivity contribution in [2.24, 2.45) is 5.41 Å². The van der Waals surface area contributed by atoms with Gasteiger partial charge < -0.3 is 4.57 Å². The third-order valence-corrected chi connectivity index (χ3v) is 3.73. The minimum Gasteiger partial charge on any atom is -0.301 e. The van der Waals surface area contributed by atoms with Crippen molar-refractivity contribution in [2.75, 3.05) is 0 Å². The van der Waals surface area contributed by atoms with Gasteiger partial charge in [-0.15, -0.1) is 0 Å². The summed E-state index contributed by atoms with van der Waals surface area (Å²) >= 11 is 0. The zero-order chi connectivity index (χ0) is 16.1. The number of hydrogen-bond donors (Lipinski definition) is 0. The maximum Gasteiger partial charge on any atom is 0.296 e. The molecule has 3 rings (SSSR count). The first-order chi connectivity index (χ1) is 10.3. The molecule has 2 heterocycles. The Bertz CT molecular complexity index is 944. The fourth-order valence-electron chi connectivity index (χ4n) is 2.31. The molecule has 6 heteroatoms. The highest BCUT2D eigenvalue weighted by molar-refractivity contribution is 5.87. The van der Waals surface area contributed by atoms with Gasteiger partial charge in [-0.05, 0) is 19.1 Å². The van der Waals surface area contributed by atoms with Crippen LogP contribution >= 0.6 is 0 Å². The number of rotatable bonds is 2. The van der Waals surface area contributed by atoms with E-state index >= 15 is 0 Å². The summed E-state index contributed by atoms with van der Waals surface area (Å²) in [5.41, 5.74) is 1.18. The van der Waals surface area contributed by atoms with Crippen LogP contribution in [0.1, 0.15) is 26.5 Å². The van der Waals surface area contributed by atoms with Crippen molar-refractivity contribution in [2.45, 2.75) is 34.2 Å². The minimum absolute atomic E-state index is 0.0746. The topological polar surface area (TPSA) is 69.3 Å². The SMILES string of the molecule is Cc1nn2c3ccccc3n(CC(=O)C(C)(C)C)c2nc1=O. The molecule has 2 aromatic heterocycles. The molecule has 0 radical (unpaired) electrons. The fraction of sp³-hybridized carbons (Fsp3) is 0.375. The Morgan fingerprint density at radius 3 is 2.45 bits per heavy atom. The van der Waals surface area contributed by atoms with Crippen LogP contribution in [0.4, 0.5) is 0 Å². The van der Waals surface area contributed by atoms with Crippen LogP contribution in [-0.4, -0.2) is 24.9 Å². The predicted octanol–water partition coefficient (Wildman–Crippen LogP) is 1.97. The van der Waals surface area contributed by atoms with Gasteiger partial charge in [-0.2, -0.15) is 14.6 Å². The molecule has 22 heavy (non-hydrogen) atoms. The Morgan fingerprint density at radius 1 is 1.18 bits per heavy atom. The Hall–Kier alpha value is -2.50. The van der Waals surface area contributed by atoms with Crippen LogP contribution in [-0.2, 0) is 11.3 Å². The second-order valence-corrected chi connectivity index (χ2v) is 6.46. The van der Waals surface area contributed by atoms with E-state index in [4.69, 9.17) is 0 Å². The number of Topliss-reactive ketones (excluding diaryl/α,β-unsaturated/α-hetero) is 1. The molecule has 0 unspecified atom stereocenters. The second-order valence-electron chi connectivity index (χ2n) is 6.46. The summed E-state index contributed by atoms with van der Waals surface area (Å²) in [6.07, 6.45) is 0. The van der Waals surface area contributed by atoms with E-state index in [2.05, 4.69) is 10.1 Å². The maximum absolute atomic E-state index is 12.4. The molecule has 0 spiro atoms. The van der Waals surface area contributed by atoms with Crippen LogP contribution in [0.25, 0.3) is 16.8 Å². The van der Waals surface area contributed by atoms with Gasteiger partial charge in [-0.25, -0.2) is 0 Å². The summed E-state index contributed by atoms with van der Waals surface area (Å²) in [6, 6.07) is 7.60. The van der Waals surface area contributed by atoms with Crippen LogP contribution in [0.2, 0.25) is 0 Å². The average molecular weight is 298 g/mol. The zero-order valence-corrected chi connectivity index (χ0v) is 13.1. The molecule has 3 aromatic rings.